The maximum Gasteiger partial charge on any atom is 0.143 e. The van der Waals surface area contributed by atoms with Crippen molar-refractivity contribution >= 4 is 5.78 Å². The number of alkyl halides is 1. The molecule has 0 radical (unpaired) electrons. The average Bonchev–Trinajstić information content (AvgIpc) is 1.89. The predicted molar refractivity (Wildman–Crippen MR) is 29.9 cm³/mol. The van der Waals surface area contributed by atoms with Crippen molar-refractivity contribution in [1.29, 1.82) is 0 Å². The third-order valence-corrected chi connectivity index (χ3v) is 1.45. The van der Waals surface area contributed by atoms with Crippen LogP contribution in [0, 0.1) is 5.92 Å². The minimum atomic E-state index is -0.571. The van der Waals surface area contributed by atoms with Gasteiger partial charge in [-0.1, -0.05) is 0 Å². The largest absolute Gasteiger partial charge is 0.380 e. The fourth-order valence-corrected chi connectivity index (χ4v) is 0.826. The number of ether oxygens (including phenoxy) is 1. The van der Waals surface area contributed by atoms with E-state index in [0.29, 0.717) is 13.0 Å². The van der Waals surface area contributed by atoms with Crippen molar-refractivity contribution in [2.45, 2.75) is 6.42 Å². The van der Waals surface area contributed by atoms with Gasteiger partial charge in [0.25, 0.3) is 0 Å². The molecule has 1 unspecified atom stereocenters. The maximum atomic E-state index is 11.8. The topological polar surface area (TPSA) is 26.3 Å². The smallest absolute Gasteiger partial charge is 0.143 e. The van der Waals surface area contributed by atoms with Gasteiger partial charge in [0.1, 0.15) is 12.5 Å². The van der Waals surface area contributed by atoms with Crippen molar-refractivity contribution in [3.05, 3.63) is 0 Å². The Hall–Kier alpha value is -0.440. The Labute approximate surface area is 53.0 Å². The summed E-state index contributed by atoms with van der Waals surface area (Å²) >= 11 is 0. The minimum absolute atomic E-state index is 0.00347. The molecule has 1 aliphatic heterocycles. The number of hydrogen-bond donors (Lipinski definition) is 0. The lowest BCUT2D eigenvalue weighted by Crippen LogP contribution is -2.28. The lowest BCUT2D eigenvalue weighted by molar-refractivity contribution is -0.131. The van der Waals surface area contributed by atoms with E-state index in [9.17, 15) is 9.18 Å². The Morgan fingerprint density at radius 1 is 1.78 bits per heavy atom. The van der Waals surface area contributed by atoms with Crippen molar-refractivity contribution in [1.82, 2.24) is 0 Å². The summed E-state index contributed by atoms with van der Waals surface area (Å²) in [6, 6.07) is 0. The van der Waals surface area contributed by atoms with Crippen molar-refractivity contribution < 1.29 is 13.9 Å². The van der Waals surface area contributed by atoms with Crippen LogP contribution in [0.3, 0.4) is 0 Å². The Balaban J connectivity index is 2.39. The Kier molecular flexibility index (Phi) is 2.16. The van der Waals surface area contributed by atoms with E-state index in [-0.39, 0.29) is 12.4 Å². The second-order valence-electron chi connectivity index (χ2n) is 2.14. The number of Topliss-reactive ketones (excluding diaryl/α,β-unsaturated/α-hetero) is 1. The molecule has 1 aliphatic rings. The fraction of sp³-hybridized carbons (Fsp3) is 0.833. The van der Waals surface area contributed by atoms with Crippen LogP contribution in [0.5, 0.6) is 0 Å². The summed E-state index contributed by atoms with van der Waals surface area (Å²) in [6.45, 7) is 0.170. The molecule has 1 fully saturated rings. The van der Waals surface area contributed by atoms with E-state index >= 15 is 0 Å². The highest BCUT2D eigenvalue weighted by Crippen LogP contribution is 2.09. The molecule has 9 heavy (non-hydrogen) atoms. The number of halogens is 1. The van der Waals surface area contributed by atoms with Crippen LogP contribution in [0.15, 0.2) is 0 Å². The molecule has 0 saturated carbocycles. The summed E-state index contributed by atoms with van der Waals surface area (Å²) in [4.78, 5) is 10.7. The van der Waals surface area contributed by atoms with E-state index in [1.54, 1.807) is 0 Å². The van der Waals surface area contributed by atoms with E-state index in [1.807, 2.05) is 0 Å². The first-order valence-corrected chi connectivity index (χ1v) is 3.01. The van der Waals surface area contributed by atoms with Crippen molar-refractivity contribution in [3.8, 4) is 0 Å². The van der Waals surface area contributed by atoms with Gasteiger partial charge in [-0.3, -0.25) is 9.18 Å². The second kappa shape index (κ2) is 2.92. The lowest BCUT2D eigenvalue weighted by atomic mass is 10.0. The second-order valence-corrected chi connectivity index (χ2v) is 2.14. The van der Waals surface area contributed by atoms with Crippen LogP contribution in [0.2, 0.25) is 0 Å². The molecule has 1 saturated heterocycles. The van der Waals surface area contributed by atoms with Crippen LogP contribution < -0.4 is 0 Å². The van der Waals surface area contributed by atoms with Crippen molar-refractivity contribution in [2.24, 2.45) is 5.92 Å². The van der Waals surface area contributed by atoms with Crippen LogP contribution >= 0.6 is 0 Å². The molecule has 0 aromatic rings. The molecule has 0 bridgehead atoms. The summed E-state index contributed by atoms with van der Waals surface area (Å²) in [5.41, 5.74) is 0. The quantitative estimate of drug-likeness (QED) is 0.521. The normalized spacial score (nSPS) is 28.6. The van der Waals surface area contributed by atoms with Crippen LogP contribution in [0.25, 0.3) is 0 Å². The Morgan fingerprint density at radius 2 is 2.56 bits per heavy atom. The van der Waals surface area contributed by atoms with Gasteiger partial charge in [0.05, 0.1) is 19.1 Å². The predicted octanol–water partition coefficient (Wildman–Crippen LogP) is 0.561. The summed E-state index contributed by atoms with van der Waals surface area (Å²) < 4.78 is 16.7. The molecular weight excluding hydrogens is 123 g/mol. The van der Waals surface area contributed by atoms with E-state index in [0.717, 1.165) is 0 Å². The standard InChI is InChI=1S/C6H9FO2/c7-3-5-4-9-2-1-6(5)8/h5H,1-4H2. The lowest BCUT2D eigenvalue weighted by Gasteiger charge is -2.17. The number of hydrogen-bond acceptors (Lipinski definition) is 2. The van der Waals surface area contributed by atoms with E-state index in [1.165, 1.54) is 0 Å². The first-order chi connectivity index (χ1) is 4.34. The van der Waals surface area contributed by atoms with Crippen LogP contribution in [-0.2, 0) is 9.53 Å². The monoisotopic (exact) mass is 132 g/mol. The Morgan fingerprint density at radius 3 is 3.00 bits per heavy atom. The third-order valence-electron chi connectivity index (χ3n) is 1.45. The molecule has 0 aliphatic carbocycles. The summed E-state index contributed by atoms with van der Waals surface area (Å²) in [5.74, 6) is -0.470. The summed E-state index contributed by atoms with van der Waals surface area (Å²) in [7, 11) is 0. The van der Waals surface area contributed by atoms with Crippen LogP contribution in [-0.4, -0.2) is 25.7 Å². The molecule has 0 aromatic carbocycles. The first-order valence-electron chi connectivity index (χ1n) is 3.01. The molecule has 0 N–H and O–H groups in total. The third kappa shape index (κ3) is 1.48. The molecule has 1 heterocycles. The number of rotatable bonds is 1. The maximum absolute atomic E-state index is 11.8. The minimum Gasteiger partial charge on any atom is -0.380 e. The Bertz CT molecular complexity index is 114. The summed E-state index contributed by atoms with van der Waals surface area (Å²) in [6.07, 6.45) is 0.384. The molecule has 1 rings (SSSR count). The molecule has 2 nitrogen and oxygen atoms in total. The van der Waals surface area contributed by atoms with E-state index in [4.69, 9.17) is 4.74 Å². The molecular formula is C6H9FO2. The molecule has 1 atom stereocenters. The van der Waals surface area contributed by atoms with Gasteiger partial charge in [0.15, 0.2) is 0 Å². The van der Waals surface area contributed by atoms with Crippen molar-refractivity contribution in [2.75, 3.05) is 19.9 Å². The zero-order chi connectivity index (χ0) is 6.69. The highest BCUT2D eigenvalue weighted by Gasteiger charge is 2.21. The SMILES string of the molecule is O=C1CCOCC1CF. The van der Waals surface area contributed by atoms with Gasteiger partial charge in [-0.25, -0.2) is 0 Å². The number of carbonyl (C=O) groups excluding carboxylic acids is 1. The average molecular weight is 132 g/mol. The zero-order valence-electron chi connectivity index (χ0n) is 5.10. The molecule has 3 heteroatoms. The van der Waals surface area contributed by atoms with Crippen LogP contribution in [0.1, 0.15) is 6.42 Å². The van der Waals surface area contributed by atoms with Gasteiger partial charge in [0.2, 0.25) is 0 Å². The van der Waals surface area contributed by atoms with Gasteiger partial charge in [-0.2, -0.15) is 0 Å². The van der Waals surface area contributed by atoms with Crippen molar-refractivity contribution in [3.63, 3.8) is 0 Å². The zero-order valence-corrected chi connectivity index (χ0v) is 5.10. The number of ketones is 1. The summed E-state index contributed by atoms with van der Waals surface area (Å²) in [5, 5.41) is 0. The first kappa shape index (κ1) is 6.68. The molecule has 0 aromatic heterocycles. The molecule has 52 valence electrons. The highest BCUT2D eigenvalue weighted by atomic mass is 19.1. The van der Waals surface area contributed by atoms with Gasteiger partial charge >= 0.3 is 0 Å². The fourth-order valence-electron chi connectivity index (χ4n) is 0.826. The van der Waals surface area contributed by atoms with E-state index in [2.05, 4.69) is 0 Å². The highest BCUT2D eigenvalue weighted by molar-refractivity contribution is 5.81. The molecule has 0 amide bonds. The van der Waals surface area contributed by atoms with E-state index < -0.39 is 12.6 Å². The van der Waals surface area contributed by atoms with Gasteiger partial charge in [0, 0.05) is 6.42 Å². The van der Waals surface area contributed by atoms with Gasteiger partial charge in [-0.05, 0) is 0 Å². The van der Waals surface area contributed by atoms with Gasteiger partial charge in [-0.15, -0.1) is 0 Å². The number of carbonyl (C=O) groups is 1. The van der Waals surface area contributed by atoms with Gasteiger partial charge < -0.3 is 4.74 Å². The molecule has 0 spiro atoms. The van der Waals surface area contributed by atoms with Crippen LogP contribution in [0.4, 0.5) is 4.39 Å².